The van der Waals surface area contributed by atoms with Gasteiger partial charge in [-0.2, -0.15) is 0 Å². The summed E-state index contributed by atoms with van der Waals surface area (Å²) in [4.78, 5) is 7.91. The van der Waals surface area contributed by atoms with Crippen molar-refractivity contribution in [1.29, 1.82) is 0 Å². The first-order valence-electron chi connectivity index (χ1n) is 9.35. The van der Waals surface area contributed by atoms with Crippen LogP contribution in [-0.2, 0) is 5.75 Å². The molecule has 0 radical (unpaired) electrons. The van der Waals surface area contributed by atoms with Crippen molar-refractivity contribution >= 4 is 33.8 Å². The third-order valence-corrected chi connectivity index (χ3v) is 6.00. The van der Waals surface area contributed by atoms with Crippen molar-refractivity contribution in [3.8, 4) is 11.4 Å². The minimum Gasteiger partial charge on any atom is -0.440 e. The number of benzene rings is 2. The van der Waals surface area contributed by atoms with E-state index in [9.17, 15) is 0 Å². The Balaban J connectivity index is 1.35. The molecule has 28 heavy (non-hydrogen) atoms. The SMILES string of the molecule is c1ccc2oc(CSc3nnc(-c4c[nH]c5ccccc45)n3C3CC3)nc2c1. The molecule has 7 heteroatoms. The number of nitrogens with one attached hydrogen (secondary N) is 1. The highest BCUT2D eigenvalue weighted by Crippen LogP contribution is 2.42. The maximum absolute atomic E-state index is 5.85. The molecule has 1 aliphatic carbocycles. The molecule has 1 saturated carbocycles. The van der Waals surface area contributed by atoms with Crippen molar-refractivity contribution in [2.24, 2.45) is 0 Å². The van der Waals surface area contributed by atoms with E-state index in [1.165, 1.54) is 18.2 Å². The monoisotopic (exact) mass is 387 g/mol. The zero-order chi connectivity index (χ0) is 18.5. The van der Waals surface area contributed by atoms with E-state index in [2.05, 4.69) is 42.9 Å². The van der Waals surface area contributed by atoms with Crippen molar-refractivity contribution < 1.29 is 4.42 Å². The fourth-order valence-electron chi connectivity index (χ4n) is 3.59. The van der Waals surface area contributed by atoms with E-state index in [1.54, 1.807) is 11.8 Å². The number of para-hydroxylation sites is 3. The van der Waals surface area contributed by atoms with Gasteiger partial charge in [-0.1, -0.05) is 42.1 Å². The molecule has 1 aliphatic rings. The highest BCUT2D eigenvalue weighted by molar-refractivity contribution is 7.98. The van der Waals surface area contributed by atoms with Crippen molar-refractivity contribution in [2.75, 3.05) is 0 Å². The molecule has 3 aromatic heterocycles. The predicted octanol–water partition coefficient (Wildman–Crippen LogP) is 5.19. The van der Waals surface area contributed by atoms with Gasteiger partial charge in [0.05, 0.1) is 5.75 Å². The standard InChI is InChI=1S/C21H17N5OS/c1-2-6-16-14(5-1)15(11-22-16)20-24-25-21(26(20)13-9-10-13)28-12-19-23-17-7-3-4-8-18(17)27-19/h1-8,11,13,22H,9-10,12H2. The summed E-state index contributed by atoms with van der Waals surface area (Å²) in [5, 5.41) is 11.1. The van der Waals surface area contributed by atoms with Gasteiger partial charge in [0.15, 0.2) is 16.6 Å². The van der Waals surface area contributed by atoms with E-state index in [0.717, 1.165) is 33.2 Å². The highest BCUT2D eigenvalue weighted by atomic mass is 32.2. The lowest BCUT2D eigenvalue weighted by molar-refractivity contribution is 0.555. The fourth-order valence-corrected chi connectivity index (χ4v) is 4.43. The minimum absolute atomic E-state index is 0.477. The van der Waals surface area contributed by atoms with E-state index < -0.39 is 0 Å². The number of hydrogen-bond donors (Lipinski definition) is 1. The van der Waals surface area contributed by atoms with Gasteiger partial charge in [0, 0.05) is 28.7 Å². The summed E-state index contributed by atoms with van der Waals surface area (Å²) in [5.41, 5.74) is 3.93. The van der Waals surface area contributed by atoms with Crippen molar-refractivity contribution in [3.63, 3.8) is 0 Å². The molecule has 0 aliphatic heterocycles. The lowest BCUT2D eigenvalue weighted by atomic mass is 10.1. The van der Waals surface area contributed by atoms with Crippen LogP contribution in [0.15, 0.2) is 64.3 Å². The molecule has 1 N–H and O–H groups in total. The second-order valence-electron chi connectivity index (χ2n) is 7.02. The average molecular weight is 387 g/mol. The summed E-state index contributed by atoms with van der Waals surface area (Å²) < 4.78 is 8.13. The van der Waals surface area contributed by atoms with E-state index in [0.29, 0.717) is 17.7 Å². The van der Waals surface area contributed by atoms with Gasteiger partial charge in [-0.05, 0) is 31.0 Å². The lowest BCUT2D eigenvalue weighted by Gasteiger charge is -2.07. The number of nitrogens with zero attached hydrogens (tertiary/aromatic N) is 4. The molecule has 0 amide bonds. The molecule has 1 fully saturated rings. The van der Waals surface area contributed by atoms with E-state index in [-0.39, 0.29) is 0 Å². The van der Waals surface area contributed by atoms with Crippen molar-refractivity contribution in [1.82, 2.24) is 24.7 Å². The summed E-state index contributed by atoms with van der Waals surface area (Å²) in [7, 11) is 0. The molecular weight excluding hydrogens is 370 g/mol. The number of fused-ring (bicyclic) bond motifs is 2. The van der Waals surface area contributed by atoms with E-state index >= 15 is 0 Å². The topological polar surface area (TPSA) is 72.5 Å². The Morgan fingerprint density at radius 2 is 1.93 bits per heavy atom. The minimum atomic E-state index is 0.477. The highest BCUT2D eigenvalue weighted by Gasteiger charge is 2.31. The maximum Gasteiger partial charge on any atom is 0.205 e. The first-order valence-corrected chi connectivity index (χ1v) is 10.3. The zero-order valence-electron chi connectivity index (χ0n) is 15.0. The summed E-state index contributed by atoms with van der Waals surface area (Å²) in [6.45, 7) is 0. The number of aromatic amines is 1. The van der Waals surface area contributed by atoms with Gasteiger partial charge in [-0.25, -0.2) is 4.98 Å². The lowest BCUT2D eigenvalue weighted by Crippen LogP contribution is -1.99. The van der Waals surface area contributed by atoms with Crippen LogP contribution in [0.5, 0.6) is 0 Å². The van der Waals surface area contributed by atoms with Gasteiger partial charge >= 0.3 is 0 Å². The fraction of sp³-hybridized carbons (Fsp3) is 0.190. The number of hydrogen-bond acceptors (Lipinski definition) is 5. The zero-order valence-corrected chi connectivity index (χ0v) is 15.8. The number of thioether (sulfide) groups is 1. The average Bonchev–Trinajstić information content (AvgIpc) is 3.16. The smallest absolute Gasteiger partial charge is 0.205 e. The Bertz CT molecular complexity index is 1260. The maximum atomic E-state index is 5.85. The molecular formula is C21H17N5OS. The van der Waals surface area contributed by atoms with Crippen molar-refractivity contribution in [2.45, 2.75) is 29.8 Å². The first-order chi connectivity index (χ1) is 13.9. The Morgan fingerprint density at radius 3 is 2.82 bits per heavy atom. The largest absolute Gasteiger partial charge is 0.440 e. The van der Waals surface area contributed by atoms with Gasteiger partial charge in [0.1, 0.15) is 5.52 Å². The van der Waals surface area contributed by atoms with E-state index in [1.807, 2.05) is 36.5 Å². The Morgan fingerprint density at radius 1 is 1.07 bits per heavy atom. The Hall–Kier alpha value is -3.06. The third-order valence-electron chi connectivity index (χ3n) is 5.07. The van der Waals surface area contributed by atoms with Gasteiger partial charge in [0.25, 0.3) is 0 Å². The van der Waals surface area contributed by atoms with Crippen LogP contribution in [0, 0.1) is 0 Å². The van der Waals surface area contributed by atoms with E-state index in [4.69, 9.17) is 4.42 Å². The third kappa shape index (κ3) is 2.62. The summed E-state index contributed by atoms with van der Waals surface area (Å²) in [6, 6.07) is 16.6. The molecule has 0 unspecified atom stereocenters. The van der Waals surface area contributed by atoms with Crippen LogP contribution >= 0.6 is 11.8 Å². The number of oxazole rings is 1. The molecule has 6 rings (SSSR count). The predicted molar refractivity (Wildman–Crippen MR) is 109 cm³/mol. The second-order valence-corrected chi connectivity index (χ2v) is 7.96. The van der Waals surface area contributed by atoms with Crippen LogP contribution in [0.4, 0.5) is 0 Å². The number of H-pyrrole nitrogens is 1. The molecule has 0 spiro atoms. The molecule has 6 nitrogen and oxygen atoms in total. The quantitative estimate of drug-likeness (QED) is 0.420. The van der Waals surface area contributed by atoms with Gasteiger partial charge in [-0.3, -0.25) is 4.57 Å². The second kappa shape index (κ2) is 6.24. The molecule has 0 bridgehead atoms. The normalized spacial score (nSPS) is 14.3. The Kier molecular flexibility index (Phi) is 3.55. The summed E-state index contributed by atoms with van der Waals surface area (Å²) in [6.07, 6.45) is 4.37. The Labute approximate surface area is 165 Å². The molecule has 0 saturated heterocycles. The number of rotatable bonds is 5. The molecule has 0 atom stereocenters. The van der Waals surface area contributed by atoms with Crippen LogP contribution in [0.25, 0.3) is 33.4 Å². The van der Waals surface area contributed by atoms with Gasteiger partial charge in [0.2, 0.25) is 5.89 Å². The van der Waals surface area contributed by atoms with Crippen LogP contribution in [0.2, 0.25) is 0 Å². The van der Waals surface area contributed by atoms with Crippen LogP contribution in [-0.4, -0.2) is 24.7 Å². The van der Waals surface area contributed by atoms with Crippen LogP contribution in [0.1, 0.15) is 24.8 Å². The molecule has 5 aromatic rings. The first kappa shape index (κ1) is 15.9. The summed E-state index contributed by atoms with van der Waals surface area (Å²) in [5.74, 6) is 2.28. The number of aromatic nitrogens is 5. The van der Waals surface area contributed by atoms with Crippen molar-refractivity contribution in [3.05, 3.63) is 60.6 Å². The van der Waals surface area contributed by atoms with Crippen LogP contribution < -0.4 is 0 Å². The van der Waals surface area contributed by atoms with Gasteiger partial charge < -0.3 is 9.40 Å². The molecule has 3 heterocycles. The van der Waals surface area contributed by atoms with Gasteiger partial charge in [-0.15, -0.1) is 10.2 Å². The molecule has 2 aromatic carbocycles. The molecule has 138 valence electrons. The summed E-state index contributed by atoms with van der Waals surface area (Å²) >= 11 is 1.63. The van der Waals surface area contributed by atoms with Crippen LogP contribution in [0.3, 0.4) is 0 Å².